The molecule has 0 saturated heterocycles. The molecule has 0 fully saturated rings. The number of fused-ring (bicyclic) bond motifs is 1. The molecule has 0 N–H and O–H groups in total. The normalized spacial score (nSPS) is 11.1. The summed E-state index contributed by atoms with van der Waals surface area (Å²) >= 11 is 13.5. The van der Waals surface area contributed by atoms with E-state index in [1.54, 1.807) is 12.1 Å². The Bertz CT molecular complexity index is 838. The Morgan fingerprint density at radius 1 is 1.26 bits per heavy atom. The average Bonchev–Trinajstić information content (AvgIpc) is 2.72. The summed E-state index contributed by atoms with van der Waals surface area (Å²) in [4.78, 5) is 16.0. The Morgan fingerprint density at radius 2 is 2.05 bits per heavy atom. The van der Waals surface area contributed by atoms with Gasteiger partial charge in [-0.3, -0.25) is 9.20 Å². The number of benzene rings is 1. The van der Waals surface area contributed by atoms with Gasteiger partial charge in [-0.15, -0.1) is 11.3 Å². The van der Waals surface area contributed by atoms with Crippen LogP contribution in [0.3, 0.4) is 0 Å². The fourth-order valence-electron chi connectivity index (χ4n) is 1.99. The van der Waals surface area contributed by atoms with Gasteiger partial charge in [0, 0.05) is 27.7 Å². The molecule has 96 valence electrons. The van der Waals surface area contributed by atoms with E-state index in [0.717, 1.165) is 17.0 Å². The minimum Gasteiger partial charge on any atom is -0.289 e. The van der Waals surface area contributed by atoms with Crippen LogP contribution in [0.15, 0.2) is 34.4 Å². The molecule has 3 rings (SSSR count). The third-order valence-corrected chi connectivity index (χ3v) is 4.18. The Hall–Kier alpha value is -1.36. The molecule has 0 radical (unpaired) electrons. The molecule has 3 nitrogen and oxygen atoms in total. The fraction of sp³-hybridized carbons (Fsp3) is 0.0769. The van der Waals surface area contributed by atoms with Gasteiger partial charge in [-0.2, -0.15) is 4.98 Å². The number of rotatable bonds is 1. The zero-order valence-corrected chi connectivity index (χ0v) is 12.2. The second-order valence-corrected chi connectivity index (χ2v) is 5.78. The van der Waals surface area contributed by atoms with Crippen LogP contribution < -0.4 is 5.56 Å². The smallest absolute Gasteiger partial charge is 0.274 e. The van der Waals surface area contributed by atoms with E-state index < -0.39 is 0 Å². The molecule has 0 aliphatic rings. The Balaban J connectivity index is 2.34. The lowest BCUT2D eigenvalue weighted by Crippen LogP contribution is -2.08. The van der Waals surface area contributed by atoms with E-state index in [4.69, 9.17) is 23.2 Å². The largest absolute Gasteiger partial charge is 0.289 e. The van der Waals surface area contributed by atoms with Gasteiger partial charge in [0.15, 0.2) is 4.96 Å². The number of hydrogen-bond donors (Lipinski definition) is 0. The maximum absolute atomic E-state index is 11.4. The summed E-state index contributed by atoms with van der Waals surface area (Å²) in [6, 6.07) is 6.86. The number of thiazole rings is 1. The topological polar surface area (TPSA) is 34.4 Å². The molecule has 6 heteroatoms. The zero-order valence-electron chi connectivity index (χ0n) is 9.85. The van der Waals surface area contributed by atoms with Crippen molar-refractivity contribution in [3.8, 4) is 11.3 Å². The number of aryl methyl sites for hydroxylation is 1. The van der Waals surface area contributed by atoms with Crippen LogP contribution in [0.2, 0.25) is 10.0 Å². The van der Waals surface area contributed by atoms with Crippen molar-refractivity contribution >= 4 is 39.5 Å². The van der Waals surface area contributed by atoms with Crippen LogP contribution in [0.25, 0.3) is 16.2 Å². The summed E-state index contributed by atoms with van der Waals surface area (Å²) in [7, 11) is 0. The lowest BCUT2D eigenvalue weighted by molar-refractivity contribution is 1.05. The number of aromatic nitrogens is 2. The summed E-state index contributed by atoms with van der Waals surface area (Å²) in [5, 5.41) is 3.10. The highest BCUT2D eigenvalue weighted by Gasteiger charge is 2.12. The molecule has 0 unspecified atom stereocenters. The van der Waals surface area contributed by atoms with E-state index >= 15 is 0 Å². The Morgan fingerprint density at radius 3 is 2.79 bits per heavy atom. The van der Waals surface area contributed by atoms with Crippen LogP contribution in [0.4, 0.5) is 0 Å². The minimum absolute atomic E-state index is 0.229. The third-order valence-electron chi connectivity index (χ3n) is 2.81. The molecule has 2 heterocycles. The van der Waals surface area contributed by atoms with E-state index in [-0.39, 0.29) is 5.56 Å². The fourth-order valence-corrected chi connectivity index (χ4v) is 3.43. The lowest BCUT2D eigenvalue weighted by atomic mass is 10.1. The first-order valence-corrected chi connectivity index (χ1v) is 7.13. The van der Waals surface area contributed by atoms with Crippen molar-refractivity contribution in [2.24, 2.45) is 0 Å². The molecular weight excluding hydrogens is 303 g/mol. The molecule has 0 atom stereocenters. The number of halogens is 2. The summed E-state index contributed by atoms with van der Waals surface area (Å²) in [6.45, 7) is 1.87. The van der Waals surface area contributed by atoms with Crippen molar-refractivity contribution in [2.75, 3.05) is 0 Å². The van der Waals surface area contributed by atoms with Crippen LogP contribution in [0.1, 0.15) is 5.69 Å². The second-order valence-electron chi connectivity index (χ2n) is 4.10. The predicted molar refractivity (Wildman–Crippen MR) is 79.5 cm³/mol. The maximum Gasteiger partial charge on any atom is 0.274 e. The molecular formula is C13H8Cl2N2OS. The molecule has 0 amide bonds. The average molecular weight is 311 g/mol. The minimum atomic E-state index is -0.229. The monoisotopic (exact) mass is 310 g/mol. The molecule has 1 aromatic carbocycles. The van der Waals surface area contributed by atoms with Crippen LogP contribution in [-0.4, -0.2) is 9.38 Å². The van der Waals surface area contributed by atoms with Crippen LogP contribution in [0, 0.1) is 6.92 Å². The van der Waals surface area contributed by atoms with E-state index in [2.05, 4.69) is 4.98 Å². The summed E-state index contributed by atoms with van der Waals surface area (Å²) in [5.74, 6) is 0. The summed E-state index contributed by atoms with van der Waals surface area (Å²) < 4.78 is 1.92. The quantitative estimate of drug-likeness (QED) is 0.680. The molecule has 0 spiro atoms. The highest BCUT2D eigenvalue weighted by molar-refractivity contribution is 7.15. The van der Waals surface area contributed by atoms with Gasteiger partial charge in [-0.05, 0) is 25.1 Å². The summed E-state index contributed by atoms with van der Waals surface area (Å²) in [5.41, 5.74) is 2.38. The van der Waals surface area contributed by atoms with Gasteiger partial charge < -0.3 is 0 Å². The molecule has 19 heavy (non-hydrogen) atoms. The van der Waals surface area contributed by atoms with Gasteiger partial charge >= 0.3 is 0 Å². The molecule has 0 saturated carbocycles. The van der Waals surface area contributed by atoms with Gasteiger partial charge in [0.2, 0.25) is 0 Å². The van der Waals surface area contributed by atoms with Crippen molar-refractivity contribution in [3.05, 3.63) is 55.7 Å². The number of hydrogen-bond acceptors (Lipinski definition) is 3. The molecule has 0 aliphatic carbocycles. The molecule has 0 bridgehead atoms. The first kappa shape index (κ1) is 12.7. The SMILES string of the molecule is Cc1cc(=O)nc2scc(-c3ccc(Cl)cc3Cl)n12. The van der Waals surface area contributed by atoms with E-state index in [1.165, 1.54) is 17.4 Å². The highest BCUT2D eigenvalue weighted by atomic mass is 35.5. The standard InChI is InChI=1S/C13H8Cl2N2OS/c1-7-4-12(18)16-13-17(7)11(6-19-13)9-3-2-8(14)5-10(9)15/h2-6H,1H3. The van der Waals surface area contributed by atoms with E-state index in [0.29, 0.717) is 15.0 Å². The van der Waals surface area contributed by atoms with E-state index in [9.17, 15) is 4.79 Å². The second kappa shape index (κ2) is 4.63. The van der Waals surface area contributed by atoms with Crippen molar-refractivity contribution in [1.29, 1.82) is 0 Å². The lowest BCUT2D eigenvalue weighted by Gasteiger charge is -2.07. The van der Waals surface area contributed by atoms with Crippen LogP contribution >= 0.6 is 34.5 Å². The number of nitrogens with zero attached hydrogens (tertiary/aromatic N) is 2. The van der Waals surface area contributed by atoms with E-state index in [1.807, 2.05) is 22.8 Å². The van der Waals surface area contributed by atoms with Crippen LogP contribution in [-0.2, 0) is 0 Å². The summed E-state index contributed by atoms with van der Waals surface area (Å²) in [6.07, 6.45) is 0. The molecule has 3 aromatic rings. The van der Waals surface area contributed by atoms with Crippen molar-refractivity contribution in [2.45, 2.75) is 6.92 Å². The third kappa shape index (κ3) is 2.16. The highest BCUT2D eigenvalue weighted by Crippen LogP contribution is 2.33. The zero-order chi connectivity index (χ0) is 13.6. The Labute approximate surface area is 123 Å². The van der Waals surface area contributed by atoms with Crippen molar-refractivity contribution < 1.29 is 0 Å². The van der Waals surface area contributed by atoms with Crippen molar-refractivity contribution in [3.63, 3.8) is 0 Å². The molecule has 0 aliphatic heterocycles. The van der Waals surface area contributed by atoms with Gasteiger partial charge in [0.05, 0.1) is 10.7 Å². The van der Waals surface area contributed by atoms with Crippen molar-refractivity contribution in [1.82, 2.24) is 9.38 Å². The first-order valence-electron chi connectivity index (χ1n) is 5.49. The van der Waals surface area contributed by atoms with Crippen LogP contribution in [0.5, 0.6) is 0 Å². The van der Waals surface area contributed by atoms with Gasteiger partial charge in [-0.1, -0.05) is 23.2 Å². The van der Waals surface area contributed by atoms with Gasteiger partial charge in [0.1, 0.15) is 0 Å². The Kier molecular flexibility index (Phi) is 3.09. The van der Waals surface area contributed by atoms with Gasteiger partial charge in [-0.25, -0.2) is 0 Å². The van der Waals surface area contributed by atoms with Gasteiger partial charge in [0.25, 0.3) is 5.56 Å². The molecule has 2 aromatic heterocycles. The predicted octanol–water partition coefficient (Wildman–Crippen LogP) is 4.04. The maximum atomic E-state index is 11.4. The first-order chi connectivity index (χ1) is 9.06.